The first-order valence-electron chi connectivity index (χ1n) is 30.2. The number of unbranched alkanes of at least 4 members (excludes halogenated alkanes) is 20. The molecule has 0 fully saturated rings. The lowest BCUT2D eigenvalue weighted by atomic mass is 10.1. The molecule has 6 heteroatoms. The van der Waals surface area contributed by atoms with Crippen LogP contribution in [0.15, 0.2) is 134 Å². The van der Waals surface area contributed by atoms with Crippen LogP contribution in [0.25, 0.3) is 0 Å². The van der Waals surface area contributed by atoms with Gasteiger partial charge < -0.3 is 14.2 Å². The van der Waals surface area contributed by atoms with Gasteiger partial charge in [-0.25, -0.2) is 0 Å². The van der Waals surface area contributed by atoms with Gasteiger partial charge in [0.2, 0.25) is 0 Å². The van der Waals surface area contributed by atoms with Gasteiger partial charge in [-0.1, -0.05) is 251 Å². The van der Waals surface area contributed by atoms with Gasteiger partial charge in [-0.2, -0.15) is 0 Å². The molecule has 74 heavy (non-hydrogen) atoms. The van der Waals surface area contributed by atoms with Gasteiger partial charge in [0.15, 0.2) is 6.10 Å². The number of hydrogen-bond donors (Lipinski definition) is 0. The highest BCUT2D eigenvalue weighted by Gasteiger charge is 2.19. The molecule has 0 aliphatic heterocycles. The average molecular weight is 1020 g/mol. The third kappa shape index (κ3) is 58.4. The van der Waals surface area contributed by atoms with Crippen molar-refractivity contribution in [2.45, 2.75) is 264 Å². The molecule has 0 bridgehead atoms. The molecule has 1 atom stereocenters. The largest absolute Gasteiger partial charge is 0.462 e. The summed E-state index contributed by atoms with van der Waals surface area (Å²) < 4.78 is 16.8. The summed E-state index contributed by atoms with van der Waals surface area (Å²) in [5.74, 6) is -0.934. The summed E-state index contributed by atoms with van der Waals surface area (Å²) in [6.07, 6.45) is 86.1. The zero-order valence-electron chi connectivity index (χ0n) is 47.8. The first-order valence-corrected chi connectivity index (χ1v) is 30.2. The average Bonchev–Trinajstić information content (AvgIpc) is 3.40. The van der Waals surface area contributed by atoms with E-state index in [1.807, 2.05) is 0 Å². The summed E-state index contributed by atoms with van der Waals surface area (Å²) in [4.78, 5) is 38.0. The first-order chi connectivity index (χ1) is 36.5. The smallest absolute Gasteiger partial charge is 0.306 e. The topological polar surface area (TPSA) is 78.9 Å². The third-order valence-corrected chi connectivity index (χ3v) is 12.4. The standard InChI is InChI=1S/C68H110O6/c1-4-7-10-13-16-19-21-23-25-26-27-28-29-30-31-32-33-34-35-36-37-38-39-40-41-42-44-45-47-49-52-55-58-61-67(70)73-64-65(63-72-66(69)60-57-54-51-18-15-12-9-6-3)74-68(71)62-59-56-53-50-48-46-43-24-22-20-17-14-11-8-5-2/h7,10,16-17,19-20,23-25,27-28,30-31,33-34,36-37,39-40,42-44,65H,4-6,8-9,11-15,18,21-22,26,29,32,35,38,41,45-64H2,1-3H3/b10-7-,19-16-,20-17-,25-23-,28-27-,31-30-,34-33-,37-36-,40-39-,43-24-,44-42-. The predicted molar refractivity (Wildman–Crippen MR) is 320 cm³/mol. The summed E-state index contributed by atoms with van der Waals surface area (Å²) in [6, 6.07) is 0. The summed E-state index contributed by atoms with van der Waals surface area (Å²) >= 11 is 0. The molecule has 0 saturated heterocycles. The highest BCUT2D eigenvalue weighted by molar-refractivity contribution is 5.71. The molecule has 0 rings (SSSR count). The second kappa shape index (κ2) is 61.1. The predicted octanol–water partition coefficient (Wildman–Crippen LogP) is 20.6. The Hall–Kier alpha value is -4.45. The molecule has 0 aromatic heterocycles. The SMILES string of the molecule is CC/C=C\C/C=C\C/C=C\C/C=C\C/C=C\C/C=C\C/C=C\C/C=C\C/C=C\CCCCCCCC(=O)OCC(COC(=O)CCCCCCCCCC)OC(=O)CCCCCCC/C=C\C/C=C\CCCCC. The Bertz CT molecular complexity index is 1600. The molecular formula is C68H110O6. The van der Waals surface area contributed by atoms with E-state index in [0.717, 1.165) is 161 Å². The summed E-state index contributed by atoms with van der Waals surface area (Å²) in [5, 5.41) is 0. The monoisotopic (exact) mass is 1020 g/mol. The Morgan fingerprint density at radius 1 is 0.284 bits per heavy atom. The maximum absolute atomic E-state index is 12.8. The minimum Gasteiger partial charge on any atom is -0.462 e. The van der Waals surface area contributed by atoms with E-state index in [4.69, 9.17) is 14.2 Å². The molecule has 0 amide bonds. The van der Waals surface area contributed by atoms with Crippen LogP contribution in [0, 0.1) is 0 Å². The Morgan fingerprint density at radius 3 is 0.851 bits per heavy atom. The van der Waals surface area contributed by atoms with Gasteiger partial charge in [-0.3, -0.25) is 14.4 Å². The van der Waals surface area contributed by atoms with Gasteiger partial charge >= 0.3 is 17.9 Å². The fourth-order valence-corrected chi connectivity index (χ4v) is 7.88. The lowest BCUT2D eigenvalue weighted by molar-refractivity contribution is -0.167. The van der Waals surface area contributed by atoms with Crippen molar-refractivity contribution in [1.82, 2.24) is 0 Å². The van der Waals surface area contributed by atoms with Gasteiger partial charge in [0.1, 0.15) is 13.2 Å². The first kappa shape index (κ1) is 69.5. The van der Waals surface area contributed by atoms with E-state index >= 15 is 0 Å². The molecule has 1 unspecified atom stereocenters. The van der Waals surface area contributed by atoms with Gasteiger partial charge in [-0.05, 0) is 122 Å². The summed E-state index contributed by atoms with van der Waals surface area (Å²) in [7, 11) is 0. The lowest BCUT2D eigenvalue weighted by Crippen LogP contribution is -2.30. The number of carbonyl (C=O) groups is 3. The van der Waals surface area contributed by atoms with Crippen molar-refractivity contribution in [1.29, 1.82) is 0 Å². The van der Waals surface area contributed by atoms with E-state index in [1.54, 1.807) is 0 Å². The van der Waals surface area contributed by atoms with E-state index in [9.17, 15) is 14.4 Å². The second-order valence-corrected chi connectivity index (χ2v) is 19.5. The van der Waals surface area contributed by atoms with Crippen LogP contribution in [0.2, 0.25) is 0 Å². The summed E-state index contributed by atoms with van der Waals surface area (Å²) in [5.41, 5.74) is 0. The van der Waals surface area contributed by atoms with Crippen molar-refractivity contribution in [3.05, 3.63) is 134 Å². The molecular weight excluding hydrogens is 913 g/mol. The van der Waals surface area contributed by atoms with Gasteiger partial charge in [0, 0.05) is 19.3 Å². The van der Waals surface area contributed by atoms with E-state index < -0.39 is 6.10 Å². The molecule has 0 radical (unpaired) electrons. The van der Waals surface area contributed by atoms with E-state index in [-0.39, 0.29) is 31.1 Å². The van der Waals surface area contributed by atoms with Crippen LogP contribution in [0.5, 0.6) is 0 Å². The Kier molecular flexibility index (Phi) is 57.4. The van der Waals surface area contributed by atoms with Crippen LogP contribution in [0.4, 0.5) is 0 Å². The molecule has 0 N–H and O–H groups in total. The summed E-state index contributed by atoms with van der Waals surface area (Å²) in [6.45, 7) is 6.43. The van der Waals surface area contributed by atoms with Crippen LogP contribution in [-0.4, -0.2) is 37.2 Å². The molecule has 6 nitrogen and oxygen atoms in total. The molecule has 0 aliphatic rings. The van der Waals surface area contributed by atoms with Crippen molar-refractivity contribution >= 4 is 17.9 Å². The molecule has 0 heterocycles. The van der Waals surface area contributed by atoms with Crippen molar-refractivity contribution in [2.75, 3.05) is 13.2 Å². The number of esters is 3. The number of hydrogen-bond acceptors (Lipinski definition) is 6. The highest BCUT2D eigenvalue weighted by Crippen LogP contribution is 2.14. The lowest BCUT2D eigenvalue weighted by Gasteiger charge is -2.18. The number of carbonyl (C=O) groups excluding carboxylic acids is 3. The molecule has 0 aromatic rings. The maximum atomic E-state index is 12.8. The Morgan fingerprint density at radius 2 is 0.527 bits per heavy atom. The molecule has 0 aromatic carbocycles. The number of ether oxygens (including phenoxy) is 3. The van der Waals surface area contributed by atoms with Crippen LogP contribution in [0.3, 0.4) is 0 Å². The van der Waals surface area contributed by atoms with E-state index in [1.165, 1.54) is 57.8 Å². The minimum absolute atomic E-state index is 0.0918. The number of rotatable bonds is 53. The zero-order chi connectivity index (χ0) is 53.6. The Labute approximate surface area is 455 Å². The molecule has 418 valence electrons. The fourth-order valence-electron chi connectivity index (χ4n) is 7.88. The van der Waals surface area contributed by atoms with Gasteiger partial charge in [0.05, 0.1) is 0 Å². The second-order valence-electron chi connectivity index (χ2n) is 19.5. The quantitative estimate of drug-likeness (QED) is 0.0261. The maximum Gasteiger partial charge on any atom is 0.306 e. The zero-order valence-corrected chi connectivity index (χ0v) is 47.8. The van der Waals surface area contributed by atoms with Crippen LogP contribution >= 0.6 is 0 Å². The fraction of sp³-hybridized carbons (Fsp3) is 0.632. The Balaban J connectivity index is 4.24. The molecule has 0 aliphatic carbocycles. The molecule has 0 saturated carbocycles. The highest BCUT2D eigenvalue weighted by atomic mass is 16.6. The van der Waals surface area contributed by atoms with Crippen LogP contribution in [0.1, 0.15) is 258 Å². The van der Waals surface area contributed by atoms with Crippen LogP contribution in [-0.2, 0) is 28.6 Å². The van der Waals surface area contributed by atoms with Crippen molar-refractivity contribution in [3.63, 3.8) is 0 Å². The van der Waals surface area contributed by atoms with E-state index in [0.29, 0.717) is 19.3 Å². The normalized spacial score (nSPS) is 13.1. The van der Waals surface area contributed by atoms with Crippen molar-refractivity contribution < 1.29 is 28.6 Å². The molecule has 0 spiro atoms. The van der Waals surface area contributed by atoms with Crippen molar-refractivity contribution in [3.8, 4) is 0 Å². The van der Waals surface area contributed by atoms with Crippen LogP contribution < -0.4 is 0 Å². The van der Waals surface area contributed by atoms with Gasteiger partial charge in [-0.15, -0.1) is 0 Å². The van der Waals surface area contributed by atoms with E-state index in [2.05, 4.69) is 154 Å². The number of allylic oxidation sites excluding steroid dienone is 22. The minimum atomic E-state index is -0.795. The van der Waals surface area contributed by atoms with Gasteiger partial charge in [0.25, 0.3) is 0 Å². The third-order valence-electron chi connectivity index (χ3n) is 12.4. The van der Waals surface area contributed by atoms with Crippen molar-refractivity contribution in [2.24, 2.45) is 0 Å².